The Labute approximate surface area is 434 Å². The predicted octanol–water partition coefficient (Wildman–Crippen LogP) is 20.4. The molecule has 6 heteroatoms. The maximum absolute atomic E-state index is 12.9. The van der Waals surface area contributed by atoms with Gasteiger partial charge in [0.2, 0.25) is 0 Å². The van der Waals surface area contributed by atoms with Gasteiger partial charge in [-0.2, -0.15) is 0 Å². The quantitative estimate of drug-likeness (QED) is 0.0199. The van der Waals surface area contributed by atoms with E-state index in [2.05, 4.69) is 81.5 Å². The molecule has 0 aliphatic heterocycles. The van der Waals surface area contributed by atoms with Crippen molar-refractivity contribution >= 4 is 17.9 Å². The van der Waals surface area contributed by atoms with Gasteiger partial charge in [-0.15, -0.1) is 0 Å². The van der Waals surface area contributed by atoms with E-state index in [0.717, 1.165) is 83.5 Å². The van der Waals surface area contributed by atoms with Crippen molar-refractivity contribution in [2.45, 2.75) is 316 Å². The molecule has 0 heterocycles. The van der Waals surface area contributed by atoms with Crippen molar-refractivity contribution in [3.63, 3.8) is 0 Å². The molecule has 0 saturated heterocycles. The molecular weight excluding hydrogens is 865 g/mol. The Balaban J connectivity index is 4.41. The Kier molecular flexibility index (Phi) is 56.3. The first-order valence-corrected chi connectivity index (χ1v) is 30.3. The molecule has 0 rings (SSSR count). The predicted molar refractivity (Wildman–Crippen MR) is 302 cm³/mol. The van der Waals surface area contributed by atoms with Crippen LogP contribution in [0.1, 0.15) is 310 Å². The molecule has 0 spiro atoms. The molecule has 0 aliphatic rings. The van der Waals surface area contributed by atoms with E-state index in [1.54, 1.807) is 0 Å². The van der Waals surface area contributed by atoms with Crippen LogP contribution in [0.5, 0.6) is 0 Å². The fraction of sp³-hybridized carbons (Fsp3) is 0.797. The Morgan fingerprint density at radius 2 is 0.529 bits per heavy atom. The largest absolute Gasteiger partial charge is 0.462 e. The van der Waals surface area contributed by atoms with Crippen LogP contribution < -0.4 is 0 Å². The number of hydrogen-bond donors (Lipinski definition) is 0. The van der Waals surface area contributed by atoms with Crippen molar-refractivity contribution in [1.29, 1.82) is 0 Å². The summed E-state index contributed by atoms with van der Waals surface area (Å²) in [6.45, 7) is 6.61. The van der Waals surface area contributed by atoms with Gasteiger partial charge in [0.15, 0.2) is 6.10 Å². The number of esters is 3. The molecule has 0 aromatic carbocycles. The molecule has 406 valence electrons. The number of carbonyl (C=O) groups is 3. The van der Waals surface area contributed by atoms with Gasteiger partial charge in [0, 0.05) is 19.3 Å². The maximum atomic E-state index is 12.9. The SMILES string of the molecule is CCCCC\C=C/C=C\C=C/C=C\CCCCCCCC(=O)OCC(COC(=O)CCCCCCCCCCCCCCCCCCC)OC(=O)CCCCCCCCC/C=C\CCCCCCCC. The van der Waals surface area contributed by atoms with E-state index in [1.165, 1.54) is 186 Å². The number of allylic oxidation sites excluding steroid dienone is 10. The summed E-state index contributed by atoms with van der Waals surface area (Å²) in [5.74, 6) is -0.893. The third kappa shape index (κ3) is 56.0. The van der Waals surface area contributed by atoms with Crippen molar-refractivity contribution in [2.75, 3.05) is 13.2 Å². The van der Waals surface area contributed by atoms with Crippen molar-refractivity contribution in [3.8, 4) is 0 Å². The fourth-order valence-corrected chi connectivity index (χ4v) is 8.75. The molecule has 0 radical (unpaired) electrons. The Morgan fingerprint density at radius 1 is 0.286 bits per heavy atom. The molecule has 0 N–H and O–H groups in total. The van der Waals surface area contributed by atoms with Crippen LogP contribution in [0.15, 0.2) is 60.8 Å². The molecule has 1 unspecified atom stereocenters. The third-order valence-electron chi connectivity index (χ3n) is 13.3. The number of unbranched alkanes of at least 4 members (excludes halogenated alkanes) is 37. The second-order valence-corrected chi connectivity index (χ2v) is 20.4. The van der Waals surface area contributed by atoms with Crippen LogP contribution >= 0.6 is 0 Å². The highest BCUT2D eigenvalue weighted by atomic mass is 16.6. The van der Waals surface area contributed by atoms with Gasteiger partial charge in [0.05, 0.1) is 0 Å². The van der Waals surface area contributed by atoms with E-state index in [9.17, 15) is 14.4 Å². The summed E-state index contributed by atoms with van der Waals surface area (Å²) in [6, 6.07) is 0. The van der Waals surface area contributed by atoms with E-state index in [-0.39, 0.29) is 31.1 Å². The average Bonchev–Trinajstić information content (AvgIpc) is 3.36. The lowest BCUT2D eigenvalue weighted by Gasteiger charge is -2.18. The number of ether oxygens (including phenoxy) is 3. The molecule has 0 bridgehead atoms. The summed E-state index contributed by atoms with van der Waals surface area (Å²) in [5.41, 5.74) is 0. The highest BCUT2D eigenvalue weighted by Crippen LogP contribution is 2.16. The number of rotatable bonds is 55. The summed E-state index contributed by atoms with van der Waals surface area (Å²) < 4.78 is 16.9. The van der Waals surface area contributed by atoms with Gasteiger partial charge in [0.1, 0.15) is 13.2 Å². The fourth-order valence-electron chi connectivity index (χ4n) is 8.75. The molecule has 0 aromatic heterocycles. The average molecular weight is 980 g/mol. The smallest absolute Gasteiger partial charge is 0.306 e. The van der Waals surface area contributed by atoms with Crippen molar-refractivity contribution in [1.82, 2.24) is 0 Å². The van der Waals surface area contributed by atoms with E-state index >= 15 is 0 Å². The lowest BCUT2D eigenvalue weighted by atomic mass is 10.0. The molecular formula is C64H114O6. The summed E-state index contributed by atoms with van der Waals surface area (Å²) in [5, 5.41) is 0. The minimum absolute atomic E-state index is 0.0808. The summed E-state index contributed by atoms with van der Waals surface area (Å²) >= 11 is 0. The Hall–Kier alpha value is -2.89. The Morgan fingerprint density at radius 3 is 0.871 bits per heavy atom. The lowest BCUT2D eigenvalue weighted by Crippen LogP contribution is -2.30. The van der Waals surface area contributed by atoms with E-state index in [4.69, 9.17) is 14.2 Å². The molecule has 0 aliphatic carbocycles. The topological polar surface area (TPSA) is 78.9 Å². The minimum Gasteiger partial charge on any atom is -0.462 e. The van der Waals surface area contributed by atoms with Crippen LogP contribution in [0.4, 0.5) is 0 Å². The zero-order valence-electron chi connectivity index (χ0n) is 46.5. The second-order valence-electron chi connectivity index (χ2n) is 20.4. The normalized spacial score (nSPS) is 12.4. The summed E-state index contributed by atoms with van der Waals surface area (Å²) in [7, 11) is 0. The Bertz CT molecular complexity index is 1260. The zero-order valence-corrected chi connectivity index (χ0v) is 46.5. The van der Waals surface area contributed by atoms with Crippen LogP contribution in [0.3, 0.4) is 0 Å². The monoisotopic (exact) mass is 979 g/mol. The van der Waals surface area contributed by atoms with Gasteiger partial charge >= 0.3 is 17.9 Å². The van der Waals surface area contributed by atoms with Crippen molar-refractivity contribution in [2.24, 2.45) is 0 Å². The van der Waals surface area contributed by atoms with Gasteiger partial charge in [-0.1, -0.05) is 281 Å². The van der Waals surface area contributed by atoms with Gasteiger partial charge < -0.3 is 14.2 Å². The maximum Gasteiger partial charge on any atom is 0.306 e. The molecule has 70 heavy (non-hydrogen) atoms. The van der Waals surface area contributed by atoms with Gasteiger partial charge in [-0.25, -0.2) is 0 Å². The molecule has 0 saturated carbocycles. The molecule has 0 aromatic rings. The molecule has 0 fully saturated rings. The first kappa shape index (κ1) is 67.1. The van der Waals surface area contributed by atoms with Crippen molar-refractivity contribution in [3.05, 3.63) is 60.8 Å². The van der Waals surface area contributed by atoms with Crippen LogP contribution in [-0.2, 0) is 28.6 Å². The highest BCUT2D eigenvalue weighted by Gasteiger charge is 2.19. The summed E-state index contributed by atoms with van der Waals surface area (Å²) in [6.07, 6.45) is 73.5. The minimum atomic E-state index is -0.785. The molecule has 6 nitrogen and oxygen atoms in total. The standard InChI is InChI=1S/C64H114O6/c1-4-7-10-13-16-19-22-25-28-31-34-36-39-42-45-48-51-54-57-63(66)69-60-61(70-64(67)58-55-52-49-46-43-40-37-33-30-27-24-21-18-15-12-9-6-3)59-68-62(65)56-53-50-47-44-41-38-35-32-29-26-23-20-17-14-11-8-5-2/h16,19,22,25,27-28,30-31,34,36,61H,4-15,17-18,20-21,23-24,26,29,32-33,35,37-60H2,1-3H3/b19-16-,25-22-,30-27-,31-28-,36-34-. The number of carbonyl (C=O) groups excluding carboxylic acids is 3. The van der Waals surface area contributed by atoms with E-state index < -0.39 is 6.10 Å². The highest BCUT2D eigenvalue weighted by molar-refractivity contribution is 5.71. The van der Waals surface area contributed by atoms with Gasteiger partial charge in [0.25, 0.3) is 0 Å². The first-order valence-electron chi connectivity index (χ1n) is 30.3. The van der Waals surface area contributed by atoms with Crippen LogP contribution in [-0.4, -0.2) is 37.2 Å². The number of hydrogen-bond acceptors (Lipinski definition) is 6. The first-order chi connectivity index (χ1) is 34.5. The van der Waals surface area contributed by atoms with Crippen molar-refractivity contribution < 1.29 is 28.6 Å². The molecule has 0 amide bonds. The van der Waals surface area contributed by atoms with Crippen LogP contribution in [0.25, 0.3) is 0 Å². The van der Waals surface area contributed by atoms with Crippen LogP contribution in [0.2, 0.25) is 0 Å². The van der Waals surface area contributed by atoms with Gasteiger partial charge in [-0.05, 0) is 70.6 Å². The molecule has 1 atom stereocenters. The van der Waals surface area contributed by atoms with E-state index in [1.807, 2.05) is 0 Å². The van der Waals surface area contributed by atoms with Gasteiger partial charge in [-0.3, -0.25) is 14.4 Å². The lowest BCUT2D eigenvalue weighted by molar-refractivity contribution is -0.167. The van der Waals surface area contributed by atoms with E-state index in [0.29, 0.717) is 19.3 Å². The third-order valence-corrected chi connectivity index (χ3v) is 13.3. The van der Waals surface area contributed by atoms with Crippen LogP contribution in [0, 0.1) is 0 Å². The zero-order chi connectivity index (χ0) is 50.7. The second kappa shape index (κ2) is 58.7. The summed E-state index contributed by atoms with van der Waals surface area (Å²) in [4.78, 5) is 38.2.